The van der Waals surface area contributed by atoms with Gasteiger partial charge in [-0.15, -0.1) is 0 Å². The van der Waals surface area contributed by atoms with E-state index in [0.717, 1.165) is 51.7 Å². The summed E-state index contributed by atoms with van der Waals surface area (Å²) in [5.74, 6) is -0.502. The first-order chi connectivity index (χ1) is 23.3. The van der Waals surface area contributed by atoms with Crippen molar-refractivity contribution in [2.75, 3.05) is 57.8 Å². The van der Waals surface area contributed by atoms with Crippen LogP contribution in [0.2, 0.25) is 5.02 Å². The Kier molecular flexibility index (Phi) is 8.17. The van der Waals surface area contributed by atoms with Crippen molar-refractivity contribution < 1.29 is 18.3 Å². The second-order valence-corrected chi connectivity index (χ2v) is 14.1. The van der Waals surface area contributed by atoms with Gasteiger partial charge in [-0.1, -0.05) is 41.9 Å². The van der Waals surface area contributed by atoms with E-state index in [1.165, 1.54) is 6.07 Å². The fourth-order valence-electron chi connectivity index (χ4n) is 7.85. The number of hydrogen-bond acceptors (Lipinski definition) is 8. The molecule has 2 aromatic carbocycles. The number of carbonyl (C=O) groups excluding carboxylic acids is 1. The van der Waals surface area contributed by atoms with Crippen molar-refractivity contribution >= 4 is 45.0 Å². The molecule has 4 fully saturated rings. The molecule has 0 bridgehead atoms. The molecule has 4 saturated heterocycles. The van der Waals surface area contributed by atoms with E-state index in [1.807, 2.05) is 22.9 Å². The van der Waals surface area contributed by atoms with Crippen molar-refractivity contribution in [2.45, 2.75) is 43.7 Å². The van der Waals surface area contributed by atoms with Gasteiger partial charge in [0.2, 0.25) is 5.91 Å². The number of fused-ring (bicyclic) bond motifs is 3. The molecule has 1 atom stereocenters. The van der Waals surface area contributed by atoms with Gasteiger partial charge in [-0.3, -0.25) is 14.7 Å². The van der Waals surface area contributed by atoms with Crippen LogP contribution in [0.5, 0.6) is 6.01 Å². The fourth-order valence-corrected chi connectivity index (χ4v) is 8.12. The summed E-state index contributed by atoms with van der Waals surface area (Å²) in [6.07, 6.45) is 10.6. The zero-order valence-corrected chi connectivity index (χ0v) is 27.6. The Balaban J connectivity index is 1.11. The van der Waals surface area contributed by atoms with Crippen molar-refractivity contribution in [1.29, 1.82) is 0 Å². The number of nitrogens with zero attached hydrogens (tertiary/aromatic N) is 6. The quantitative estimate of drug-likeness (QED) is 0.230. The minimum atomic E-state index is -0.656. The van der Waals surface area contributed by atoms with Crippen LogP contribution in [-0.4, -0.2) is 95.2 Å². The van der Waals surface area contributed by atoms with Gasteiger partial charge in [-0.05, 0) is 63.2 Å². The van der Waals surface area contributed by atoms with Gasteiger partial charge in [0.15, 0.2) is 5.82 Å². The number of amides is 1. The Hall–Kier alpha value is -3.93. The van der Waals surface area contributed by atoms with E-state index >= 15 is 4.39 Å². The van der Waals surface area contributed by atoms with Crippen LogP contribution in [0.15, 0.2) is 48.7 Å². The monoisotopic (exact) mass is 673 g/mol. The summed E-state index contributed by atoms with van der Waals surface area (Å²) in [4.78, 5) is 32.9. The number of ether oxygens (including phenoxy) is 1. The van der Waals surface area contributed by atoms with Crippen LogP contribution in [0.4, 0.5) is 14.6 Å². The minimum absolute atomic E-state index is 0.0187. The van der Waals surface area contributed by atoms with Crippen LogP contribution in [0.1, 0.15) is 32.1 Å². The molecule has 1 unspecified atom stereocenters. The average Bonchev–Trinajstić information content (AvgIpc) is 3.63. The molecule has 0 saturated carbocycles. The lowest BCUT2D eigenvalue weighted by molar-refractivity contribution is -0.131. The molecule has 12 heteroatoms. The first-order valence-electron chi connectivity index (χ1n) is 16.8. The number of halogens is 3. The Morgan fingerprint density at radius 3 is 2.71 bits per heavy atom. The van der Waals surface area contributed by atoms with E-state index < -0.39 is 11.6 Å². The summed E-state index contributed by atoms with van der Waals surface area (Å²) < 4.78 is 37.6. The first-order valence-corrected chi connectivity index (χ1v) is 17.2. The van der Waals surface area contributed by atoms with E-state index in [4.69, 9.17) is 21.3 Å². The molecule has 250 valence electrons. The van der Waals surface area contributed by atoms with Crippen LogP contribution in [0.3, 0.4) is 0 Å². The molecule has 6 heterocycles. The number of carbonyl (C=O) groups is 1. The molecule has 0 spiro atoms. The molecule has 8 rings (SSSR count). The Labute approximate surface area is 282 Å². The van der Waals surface area contributed by atoms with Crippen molar-refractivity contribution in [1.82, 2.24) is 30.1 Å². The van der Waals surface area contributed by atoms with E-state index in [2.05, 4.69) is 20.2 Å². The molecule has 1 amide bonds. The second kappa shape index (κ2) is 12.5. The molecule has 4 aliphatic rings. The smallest absolute Gasteiger partial charge is 0.319 e. The van der Waals surface area contributed by atoms with E-state index in [1.54, 1.807) is 36.5 Å². The molecule has 0 aliphatic carbocycles. The van der Waals surface area contributed by atoms with Gasteiger partial charge in [0.05, 0.1) is 15.9 Å². The highest BCUT2D eigenvalue weighted by molar-refractivity contribution is 6.36. The fraction of sp³-hybridized carbons (Fsp3) is 0.444. The Morgan fingerprint density at radius 1 is 1.17 bits per heavy atom. The number of likely N-dealkylation sites (tertiary alicyclic amines) is 1. The van der Waals surface area contributed by atoms with Gasteiger partial charge in [-0.25, -0.2) is 8.78 Å². The van der Waals surface area contributed by atoms with Gasteiger partial charge >= 0.3 is 6.01 Å². The first kappa shape index (κ1) is 31.3. The van der Waals surface area contributed by atoms with E-state index in [0.29, 0.717) is 53.8 Å². The number of hydrogen-bond donors (Lipinski definition) is 1. The summed E-state index contributed by atoms with van der Waals surface area (Å²) in [7, 11) is 1.91. The number of nitrogens with one attached hydrogen (secondary N) is 1. The maximum absolute atomic E-state index is 16.7. The SMILES string of the molecule is CN(CC1CN(C(=O)/C=C/C2CCN2)C1)c1nc(OCC23CCCN2CCC3)nc2c(F)c(-c3cccc4ccc(F)c(Cl)c34)ncc12. The predicted octanol–water partition coefficient (Wildman–Crippen LogP) is 5.60. The van der Waals surface area contributed by atoms with Crippen LogP contribution >= 0.6 is 11.6 Å². The normalized spacial score (nSPS) is 20.8. The standard InChI is InChI=1S/C36H38ClF2N7O2/c1-44(18-22-19-45(20-22)28(47)10-8-24-11-14-40-24)34-26-17-41-32(25-6-2-5-23-7-9-27(38)30(37)29(23)25)31(39)33(26)42-35(43-34)48-21-36-12-3-15-46(36)16-4-13-36/h2,5-10,17,22,24,40H,3-4,11-16,18-21H2,1H3/b10-8+. The van der Waals surface area contributed by atoms with Gasteiger partial charge in [0.1, 0.15) is 29.5 Å². The van der Waals surface area contributed by atoms with Crippen molar-refractivity contribution in [2.24, 2.45) is 5.92 Å². The highest BCUT2D eigenvalue weighted by atomic mass is 35.5. The zero-order valence-electron chi connectivity index (χ0n) is 26.9. The maximum Gasteiger partial charge on any atom is 0.319 e. The van der Waals surface area contributed by atoms with Crippen molar-refractivity contribution in [3.8, 4) is 17.3 Å². The molecular formula is C36H38ClF2N7O2. The van der Waals surface area contributed by atoms with Gasteiger partial charge in [0.25, 0.3) is 0 Å². The molecule has 2 aromatic heterocycles. The number of anilines is 1. The van der Waals surface area contributed by atoms with E-state index in [9.17, 15) is 9.18 Å². The van der Waals surface area contributed by atoms with Crippen LogP contribution in [0, 0.1) is 17.6 Å². The number of aromatic nitrogens is 3. The van der Waals surface area contributed by atoms with Crippen molar-refractivity contribution in [3.63, 3.8) is 0 Å². The Morgan fingerprint density at radius 2 is 1.96 bits per heavy atom. The zero-order chi connectivity index (χ0) is 33.0. The van der Waals surface area contributed by atoms with Crippen LogP contribution in [-0.2, 0) is 4.79 Å². The summed E-state index contributed by atoms with van der Waals surface area (Å²) in [5.41, 5.74) is 0.429. The largest absolute Gasteiger partial charge is 0.461 e. The average molecular weight is 674 g/mol. The number of pyridine rings is 1. The lowest BCUT2D eigenvalue weighted by atomic mass is 9.95. The van der Waals surface area contributed by atoms with Gasteiger partial charge < -0.3 is 19.9 Å². The summed E-state index contributed by atoms with van der Waals surface area (Å²) in [5, 5.41) is 4.68. The predicted molar refractivity (Wildman–Crippen MR) is 182 cm³/mol. The second-order valence-electron chi connectivity index (χ2n) is 13.7. The number of rotatable bonds is 9. The topological polar surface area (TPSA) is 86.7 Å². The molecule has 1 N–H and O–H groups in total. The third-order valence-electron chi connectivity index (χ3n) is 10.6. The third-order valence-corrected chi connectivity index (χ3v) is 11.0. The molecule has 9 nitrogen and oxygen atoms in total. The lowest BCUT2D eigenvalue weighted by Gasteiger charge is -2.41. The highest BCUT2D eigenvalue weighted by Gasteiger charge is 2.45. The Bertz CT molecular complexity index is 1920. The number of benzene rings is 2. The summed E-state index contributed by atoms with van der Waals surface area (Å²) >= 11 is 6.42. The lowest BCUT2D eigenvalue weighted by Crippen LogP contribution is -2.53. The van der Waals surface area contributed by atoms with Gasteiger partial charge in [-0.2, -0.15) is 9.97 Å². The molecule has 48 heavy (non-hydrogen) atoms. The van der Waals surface area contributed by atoms with Crippen LogP contribution < -0.4 is 15.0 Å². The molecular weight excluding hydrogens is 636 g/mol. The van der Waals surface area contributed by atoms with Gasteiger partial charge in [0, 0.05) is 61.9 Å². The summed E-state index contributed by atoms with van der Waals surface area (Å²) in [6, 6.07) is 8.57. The van der Waals surface area contributed by atoms with Crippen molar-refractivity contribution in [3.05, 3.63) is 65.3 Å². The third kappa shape index (κ3) is 5.55. The van der Waals surface area contributed by atoms with E-state index in [-0.39, 0.29) is 45.6 Å². The molecule has 0 radical (unpaired) electrons. The van der Waals surface area contributed by atoms with Crippen LogP contribution in [0.25, 0.3) is 32.9 Å². The summed E-state index contributed by atoms with van der Waals surface area (Å²) in [6.45, 7) is 5.40. The maximum atomic E-state index is 16.7. The molecule has 4 aromatic rings. The molecule has 4 aliphatic heterocycles. The minimum Gasteiger partial charge on any atom is -0.461 e. The highest BCUT2D eigenvalue weighted by Crippen LogP contribution is 2.41.